The number of aryl methyl sites for hydroxylation is 2. The van der Waals surface area contributed by atoms with Crippen LogP contribution >= 0.6 is 0 Å². The van der Waals surface area contributed by atoms with Gasteiger partial charge in [0.1, 0.15) is 18.6 Å². The second-order valence-corrected chi connectivity index (χ2v) is 11.6. The molecule has 0 unspecified atom stereocenters. The number of hydrogen-bond acceptors (Lipinski definition) is 4. The van der Waals surface area contributed by atoms with Crippen molar-refractivity contribution >= 4 is 11.8 Å². The zero-order valence-corrected chi connectivity index (χ0v) is 24.0. The van der Waals surface area contributed by atoms with Crippen molar-refractivity contribution in [2.75, 3.05) is 13.2 Å². The van der Waals surface area contributed by atoms with E-state index in [4.69, 9.17) is 19.5 Å². The predicted molar refractivity (Wildman–Crippen MR) is 167 cm³/mol. The monoisotopic (exact) mass is 542 g/mol. The maximum Gasteiger partial charge on any atom is 0.200 e. The molecule has 0 radical (unpaired) electrons. The van der Waals surface area contributed by atoms with E-state index in [9.17, 15) is 0 Å². The van der Waals surface area contributed by atoms with Gasteiger partial charge in [0.2, 0.25) is 0 Å². The second-order valence-electron chi connectivity index (χ2n) is 11.6. The number of rotatable bonds is 10. The summed E-state index contributed by atoms with van der Waals surface area (Å²) < 4.78 is 13.1. The molecule has 4 aromatic carbocycles. The molecule has 2 aliphatic heterocycles. The standard InChI is InChI=1S/C37H38N2O2/c1-27-13-17-31(18-14-27)23-37(24-32-19-15-28(2)16-20-32,35-38-33(25-40-35)21-29-9-5-3-6-10-29)36-39-34(26-41-36)22-30-11-7-4-8-12-30/h3-20,33-34H,21-26H2,1-2H3/t33-,34-/m0/s1. The second kappa shape index (κ2) is 12.1. The van der Waals surface area contributed by atoms with Crippen LogP contribution in [0.5, 0.6) is 0 Å². The lowest BCUT2D eigenvalue weighted by Gasteiger charge is -2.32. The van der Waals surface area contributed by atoms with E-state index in [1.54, 1.807) is 0 Å². The van der Waals surface area contributed by atoms with Crippen molar-refractivity contribution < 1.29 is 9.47 Å². The summed E-state index contributed by atoms with van der Waals surface area (Å²) >= 11 is 0. The maximum absolute atomic E-state index is 6.55. The minimum Gasteiger partial charge on any atom is -0.478 e. The van der Waals surface area contributed by atoms with Crippen molar-refractivity contribution in [3.63, 3.8) is 0 Å². The van der Waals surface area contributed by atoms with Crippen LogP contribution in [-0.2, 0) is 35.2 Å². The summed E-state index contributed by atoms with van der Waals surface area (Å²) in [6.07, 6.45) is 3.10. The van der Waals surface area contributed by atoms with E-state index < -0.39 is 5.41 Å². The van der Waals surface area contributed by atoms with Gasteiger partial charge in [-0.3, -0.25) is 0 Å². The van der Waals surface area contributed by atoms with Gasteiger partial charge in [-0.15, -0.1) is 0 Å². The molecule has 41 heavy (non-hydrogen) atoms. The maximum atomic E-state index is 6.55. The Kier molecular flexibility index (Phi) is 8.00. The summed E-state index contributed by atoms with van der Waals surface area (Å²) in [6.45, 7) is 5.38. The van der Waals surface area contributed by atoms with Crippen molar-refractivity contribution in [3.8, 4) is 0 Å². The lowest BCUT2D eigenvalue weighted by atomic mass is 9.75. The van der Waals surface area contributed by atoms with E-state index in [1.165, 1.54) is 33.4 Å². The van der Waals surface area contributed by atoms with Gasteiger partial charge < -0.3 is 9.47 Å². The first-order chi connectivity index (χ1) is 20.1. The van der Waals surface area contributed by atoms with E-state index in [0.717, 1.165) is 24.6 Å². The summed E-state index contributed by atoms with van der Waals surface area (Å²) in [5, 5.41) is 0. The van der Waals surface area contributed by atoms with Gasteiger partial charge in [-0.2, -0.15) is 0 Å². The Balaban J connectivity index is 1.41. The molecule has 0 spiro atoms. The van der Waals surface area contributed by atoms with Crippen molar-refractivity contribution in [2.45, 2.75) is 51.6 Å². The minimum absolute atomic E-state index is 0.0601. The first-order valence-electron chi connectivity index (χ1n) is 14.7. The molecule has 0 aromatic heterocycles. The number of ether oxygens (including phenoxy) is 2. The summed E-state index contributed by atoms with van der Waals surface area (Å²) in [5.74, 6) is 1.50. The van der Waals surface area contributed by atoms with Gasteiger partial charge >= 0.3 is 0 Å². The fourth-order valence-corrected chi connectivity index (χ4v) is 5.90. The third-order valence-corrected chi connectivity index (χ3v) is 8.12. The Morgan fingerprint density at radius 1 is 0.537 bits per heavy atom. The fourth-order valence-electron chi connectivity index (χ4n) is 5.90. The Morgan fingerprint density at radius 2 is 0.927 bits per heavy atom. The number of aliphatic imine (C=N–C) groups is 2. The highest BCUT2D eigenvalue weighted by atomic mass is 16.5. The summed E-state index contributed by atoms with van der Waals surface area (Å²) in [7, 11) is 0. The molecule has 0 saturated carbocycles. The van der Waals surface area contributed by atoms with Gasteiger partial charge in [0.25, 0.3) is 0 Å². The van der Waals surface area contributed by atoms with E-state index in [0.29, 0.717) is 26.1 Å². The minimum atomic E-state index is -0.638. The van der Waals surface area contributed by atoms with Crippen LogP contribution in [0.1, 0.15) is 33.4 Å². The highest BCUT2D eigenvalue weighted by molar-refractivity contribution is 6.07. The van der Waals surface area contributed by atoms with Gasteiger partial charge in [0, 0.05) is 0 Å². The number of nitrogens with zero attached hydrogens (tertiary/aromatic N) is 2. The SMILES string of the molecule is Cc1ccc(CC(Cc2ccc(C)cc2)(C2=N[C@@H](Cc3ccccc3)CO2)C2=N[C@@H](Cc3ccccc3)CO2)cc1. The third-order valence-electron chi connectivity index (χ3n) is 8.12. The Morgan fingerprint density at radius 3 is 1.32 bits per heavy atom. The fraction of sp³-hybridized carbons (Fsp3) is 0.297. The molecule has 0 N–H and O–H groups in total. The van der Waals surface area contributed by atoms with E-state index in [2.05, 4.69) is 123 Å². The van der Waals surface area contributed by atoms with Crippen molar-refractivity contribution in [1.29, 1.82) is 0 Å². The molecule has 4 nitrogen and oxygen atoms in total. The molecule has 2 aliphatic rings. The summed E-state index contributed by atoms with van der Waals surface area (Å²) in [5.41, 5.74) is 6.83. The van der Waals surface area contributed by atoms with Crippen LogP contribution < -0.4 is 0 Å². The first kappa shape index (κ1) is 27.0. The molecule has 0 saturated heterocycles. The van der Waals surface area contributed by atoms with Crippen molar-refractivity contribution in [3.05, 3.63) is 143 Å². The average molecular weight is 543 g/mol. The van der Waals surface area contributed by atoms with Crippen LogP contribution in [-0.4, -0.2) is 37.1 Å². The van der Waals surface area contributed by atoms with Gasteiger partial charge in [-0.05, 0) is 61.8 Å². The first-order valence-corrected chi connectivity index (χ1v) is 14.7. The predicted octanol–water partition coefficient (Wildman–Crippen LogP) is 7.16. The molecule has 2 heterocycles. The number of benzene rings is 4. The molecular weight excluding hydrogens is 504 g/mol. The van der Waals surface area contributed by atoms with Gasteiger partial charge in [0.05, 0.1) is 12.1 Å². The Hall–Kier alpha value is -4.18. The molecule has 2 atom stereocenters. The van der Waals surface area contributed by atoms with Gasteiger partial charge in [-0.25, -0.2) is 9.98 Å². The van der Waals surface area contributed by atoms with Gasteiger partial charge in [-0.1, -0.05) is 120 Å². The normalized spacial score (nSPS) is 18.4. The number of hydrogen-bond donors (Lipinski definition) is 0. The lowest BCUT2D eigenvalue weighted by molar-refractivity contribution is 0.248. The highest BCUT2D eigenvalue weighted by Gasteiger charge is 2.49. The van der Waals surface area contributed by atoms with E-state index in [-0.39, 0.29) is 12.1 Å². The van der Waals surface area contributed by atoms with Gasteiger partial charge in [0.15, 0.2) is 11.8 Å². The molecule has 0 aliphatic carbocycles. The van der Waals surface area contributed by atoms with Crippen LogP contribution in [0.25, 0.3) is 0 Å². The molecule has 4 aromatic rings. The molecule has 6 rings (SSSR count). The topological polar surface area (TPSA) is 43.2 Å². The molecule has 208 valence electrons. The Bertz CT molecular complexity index is 1380. The Labute approximate surface area is 243 Å². The molecule has 4 heteroatoms. The van der Waals surface area contributed by atoms with Crippen molar-refractivity contribution in [1.82, 2.24) is 0 Å². The highest BCUT2D eigenvalue weighted by Crippen LogP contribution is 2.38. The average Bonchev–Trinajstić information content (AvgIpc) is 3.67. The molecule has 0 bridgehead atoms. The summed E-state index contributed by atoms with van der Waals surface area (Å²) in [6, 6.07) is 38.8. The lowest BCUT2D eigenvalue weighted by Crippen LogP contribution is -2.44. The van der Waals surface area contributed by atoms with Crippen molar-refractivity contribution in [2.24, 2.45) is 15.4 Å². The van der Waals surface area contributed by atoms with E-state index in [1.807, 2.05) is 0 Å². The van der Waals surface area contributed by atoms with Crippen LogP contribution in [0.3, 0.4) is 0 Å². The quantitative estimate of drug-likeness (QED) is 0.213. The molecular formula is C37H38N2O2. The zero-order chi connectivity index (χ0) is 28.1. The molecule has 0 fully saturated rings. The van der Waals surface area contributed by atoms with Crippen LogP contribution in [0.15, 0.2) is 119 Å². The molecule has 0 amide bonds. The third kappa shape index (κ3) is 6.43. The van der Waals surface area contributed by atoms with Crippen LogP contribution in [0, 0.1) is 19.3 Å². The van der Waals surface area contributed by atoms with Crippen LogP contribution in [0.2, 0.25) is 0 Å². The van der Waals surface area contributed by atoms with E-state index >= 15 is 0 Å². The smallest absolute Gasteiger partial charge is 0.200 e. The summed E-state index contributed by atoms with van der Waals surface area (Å²) in [4.78, 5) is 10.5. The van der Waals surface area contributed by atoms with Crippen LogP contribution in [0.4, 0.5) is 0 Å². The largest absolute Gasteiger partial charge is 0.478 e. The zero-order valence-electron chi connectivity index (χ0n) is 24.0.